The summed E-state index contributed by atoms with van der Waals surface area (Å²) in [5.74, 6) is 0.506. The van der Waals surface area contributed by atoms with E-state index in [2.05, 4.69) is 46.8 Å². The Balaban J connectivity index is 3.11. The van der Waals surface area contributed by atoms with Crippen molar-refractivity contribution in [2.24, 2.45) is 17.6 Å². The summed E-state index contributed by atoms with van der Waals surface area (Å²) < 4.78 is 0. The van der Waals surface area contributed by atoms with E-state index >= 15 is 0 Å². The Hall–Kier alpha value is -0.860. The lowest BCUT2D eigenvalue weighted by molar-refractivity contribution is 0.0855. The summed E-state index contributed by atoms with van der Waals surface area (Å²) in [5.41, 5.74) is 10.4. The lowest BCUT2D eigenvalue weighted by Crippen LogP contribution is -2.27. The van der Waals surface area contributed by atoms with Crippen molar-refractivity contribution in [3.05, 3.63) is 34.4 Å². The van der Waals surface area contributed by atoms with Gasteiger partial charge in [0, 0.05) is 5.92 Å². The second-order valence-corrected chi connectivity index (χ2v) is 5.38. The van der Waals surface area contributed by atoms with Crippen LogP contribution in [0.15, 0.2) is 12.1 Å². The molecule has 2 heteroatoms. The molecule has 0 radical (unpaired) electrons. The lowest BCUT2D eigenvalue weighted by Gasteiger charge is -2.27. The summed E-state index contributed by atoms with van der Waals surface area (Å²) in [6.45, 7) is 11.0. The molecule has 17 heavy (non-hydrogen) atoms. The number of benzene rings is 1. The molecular weight excluding hydrogens is 210 g/mol. The van der Waals surface area contributed by atoms with Crippen LogP contribution in [-0.2, 0) is 0 Å². The molecule has 0 aliphatic rings. The van der Waals surface area contributed by atoms with E-state index in [-0.39, 0.29) is 5.92 Å². The molecule has 96 valence electrons. The van der Waals surface area contributed by atoms with Gasteiger partial charge in [-0.25, -0.2) is 0 Å². The van der Waals surface area contributed by atoms with Gasteiger partial charge in [0.15, 0.2) is 0 Å². The summed E-state index contributed by atoms with van der Waals surface area (Å²) >= 11 is 0. The lowest BCUT2D eigenvalue weighted by atomic mass is 9.84. The molecule has 1 aromatic rings. The summed E-state index contributed by atoms with van der Waals surface area (Å²) in [6, 6.07) is 4.24. The third-order valence-corrected chi connectivity index (χ3v) is 3.74. The van der Waals surface area contributed by atoms with Crippen LogP contribution in [0.3, 0.4) is 0 Å². The number of aryl methyl sites for hydroxylation is 3. The SMILES string of the molecule is Cc1cc(C)c(C(O)C(CN)C(C)C)cc1C. The van der Waals surface area contributed by atoms with E-state index in [9.17, 15) is 5.11 Å². The first-order valence-corrected chi connectivity index (χ1v) is 6.34. The van der Waals surface area contributed by atoms with Crippen LogP contribution in [0.4, 0.5) is 0 Å². The zero-order valence-electron chi connectivity index (χ0n) is 11.6. The van der Waals surface area contributed by atoms with Gasteiger partial charge in [-0.15, -0.1) is 0 Å². The van der Waals surface area contributed by atoms with Crippen LogP contribution < -0.4 is 5.73 Å². The smallest absolute Gasteiger partial charge is 0.0835 e. The predicted octanol–water partition coefficient (Wildman–Crippen LogP) is 2.88. The van der Waals surface area contributed by atoms with Crippen molar-refractivity contribution < 1.29 is 5.11 Å². The van der Waals surface area contributed by atoms with Gasteiger partial charge in [-0.3, -0.25) is 0 Å². The third-order valence-electron chi connectivity index (χ3n) is 3.74. The summed E-state index contributed by atoms with van der Waals surface area (Å²) in [6.07, 6.45) is -0.459. The standard InChI is InChI=1S/C15H25NO/c1-9(2)14(8-16)15(17)13-7-11(4)10(3)6-12(13)5/h6-7,9,14-15,17H,8,16H2,1-5H3. The van der Waals surface area contributed by atoms with Crippen LogP contribution >= 0.6 is 0 Å². The minimum absolute atomic E-state index is 0.121. The Kier molecular flexibility index (Phi) is 4.72. The van der Waals surface area contributed by atoms with Gasteiger partial charge < -0.3 is 10.8 Å². The highest BCUT2D eigenvalue weighted by molar-refractivity contribution is 5.37. The molecule has 2 unspecified atom stereocenters. The minimum atomic E-state index is -0.459. The van der Waals surface area contributed by atoms with Gasteiger partial charge >= 0.3 is 0 Å². The topological polar surface area (TPSA) is 46.2 Å². The van der Waals surface area contributed by atoms with Gasteiger partial charge in [0.25, 0.3) is 0 Å². The molecule has 0 saturated carbocycles. The number of aliphatic hydroxyl groups is 1. The van der Waals surface area contributed by atoms with Crippen molar-refractivity contribution in [1.82, 2.24) is 0 Å². The first-order chi connectivity index (χ1) is 7.88. The summed E-state index contributed by atoms with van der Waals surface area (Å²) in [7, 11) is 0. The van der Waals surface area contributed by atoms with E-state index in [0.717, 1.165) is 11.1 Å². The van der Waals surface area contributed by atoms with Crippen molar-refractivity contribution >= 4 is 0 Å². The molecule has 3 N–H and O–H groups in total. The maximum Gasteiger partial charge on any atom is 0.0835 e. The van der Waals surface area contributed by atoms with Crippen molar-refractivity contribution in [3.63, 3.8) is 0 Å². The van der Waals surface area contributed by atoms with Crippen LogP contribution in [0.25, 0.3) is 0 Å². The van der Waals surface area contributed by atoms with Crippen LogP contribution in [0.2, 0.25) is 0 Å². The molecule has 0 aromatic heterocycles. The number of rotatable bonds is 4. The first-order valence-electron chi connectivity index (χ1n) is 6.34. The maximum atomic E-state index is 10.5. The molecule has 0 bridgehead atoms. The zero-order chi connectivity index (χ0) is 13.2. The zero-order valence-corrected chi connectivity index (χ0v) is 11.6. The average Bonchev–Trinajstić information content (AvgIpc) is 2.23. The van der Waals surface area contributed by atoms with E-state index < -0.39 is 6.10 Å². The van der Waals surface area contributed by atoms with Gasteiger partial charge in [-0.2, -0.15) is 0 Å². The first kappa shape index (κ1) is 14.2. The quantitative estimate of drug-likeness (QED) is 0.843. The summed E-state index contributed by atoms with van der Waals surface area (Å²) in [4.78, 5) is 0. The summed E-state index contributed by atoms with van der Waals surface area (Å²) in [5, 5.41) is 10.5. The molecular formula is C15H25NO. The number of hydrogen-bond donors (Lipinski definition) is 2. The molecule has 0 aliphatic carbocycles. The molecule has 0 spiro atoms. The third kappa shape index (κ3) is 3.08. The second kappa shape index (κ2) is 5.65. The fraction of sp³-hybridized carbons (Fsp3) is 0.600. The highest BCUT2D eigenvalue weighted by Crippen LogP contribution is 2.30. The van der Waals surface area contributed by atoms with Crippen molar-refractivity contribution in [2.75, 3.05) is 6.54 Å². The monoisotopic (exact) mass is 235 g/mol. The predicted molar refractivity (Wildman–Crippen MR) is 73.0 cm³/mol. The van der Waals surface area contributed by atoms with Gasteiger partial charge in [0.1, 0.15) is 0 Å². The molecule has 2 atom stereocenters. The van der Waals surface area contributed by atoms with Crippen molar-refractivity contribution in [2.45, 2.75) is 40.7 Å². The number of nitrogens with two attached hydrogens (primary N) is 1. The highest BCUT2D eigenvalue weighted by Gasteiger charge is 2.24. The molecule has 0 saturated heterocycles. The van der Waals surface area contributed by atoms with E-state index in [1.807, 2.05) is 0 Å². The van der Waals surface area contributed by atoms with Crippen LogP contribution in [0.1, 0.15) is 42.2 Å². The van der Waals surface area contributed by atoms with Crippen molar-refractivity contribution in [3.8, 4) is 0 Å². The van der Waals surface area contributed by atoms with Gasteiger partial charge in [-0.1, -0.05) is 26.0 Å². The maximum absolute atomic E-state index is 10.5. The Morgan fingerprint density at radius 2 is 1.59 bits per heavy atom. The fourth-order valence-corrected chi connectivity index (χ4v) is 2.30. The normalized spacial score (nSPS) is 15.1. The van der Waals surface area contributed by atoms with Gasteiger partial charge in [0.05, 0.1) is 6.10 Å². The Morgan fingerprint density at radius 1 is 1.06 bits per heavy atom. The number of aliphatic hydroxyl groups excluding tert-OH is 1. The van der Waals surface area contributed by atoms with E-state index in [4.69, 9.17) is 5.73 Å². The fourth-order valence-electron chi connectivity index (χ4n) is 2.30. The Morgan fingerprint density at radius 3 is 2.06 bits per heavy atom. The van der Waals surface area contributed by atoms with E-state index in [0.29, 0.717) is 12.5 Å². The largest absolute Gasteiger partial charge is 0.388 e. The molecule has 1 rings (SSSR count). The molecule has 0 fully saturated rings. The molecule has 0 heterocycles. The van der Waals surface area contributed by atoms with E-state index in [1.54, 1.807) is 0 Å². The molecule has 1 aromatic carbocycles. The van der Waals surface area contributed by atoms with E-state index in [1.165, 1.54) is 11.1 Å². The second-order valence-electron chi connectivity index (χ2n) is 5.38. The van der Waals surface area contributed by atoms with Crippen LogP contribution in [0.5, 0.6) is 0 Å². The van der Waals surface area contributed by atoms with Crippen molar-refractivity contribution in [1.29, 1.82) is 0 Å². The highest BCUT2D eigenvalue weighted by atomic mass is 16.3. The Bertz CT molecular complexity index is 385. The number of hydrogen-bond acceptors (Lipinski definition) is 2. The van der Waals surface area contributed by atoms with Crippen LogP contribution in [-0.4, -0.2) is 11.7 Å². The van der Waals surface area contributed by atoms with Gasteiger partial charge in [-0.05, 0) is 55.5 Å². The molecule has 2 nitrogen and oxygen atoms in total. The average molecular weight is 235 g/mol. The molecule has 0 amide bonds. The van der Waals surface area contributed by atoms with Crippen LogP contribution in [0, 0.1) is 32.6 Å². The Labute approximate surface area is 105 Å². The van der Waals surface area contributed by atoms with Gasteiger partial charge in [0.2, 0.25) is 0 Å². The minimum Gasteiger partial charge on any atom is -0.388 e. The molecule has 0 aliphatic heterocycles.